The van der Waals surface area contributed by atoms with E-state index in [0.717, 1.165) is 18.4 Å². The van der Waals surface area contributed by atoms with Gasteiger partial charge < -0.3 is 5.73 Å². The third-order valence-electron chi connectivity index (χ3n) is 3.14. The van der Waals surface area contributed by atoms with Gasteiger partial charge in [-0.25, -0.2) is 4.39 Å². The summed E-state index contributed by atoms with van der Waals surface area (Å²) in [5.41, 5.74) is 7.70. The molecule has 0 amide bonds. The number of hydrogen-bond donors (Lipinski definition) is 1. The van der Waals surface area contributed by atoms with E-state index in [9.17, 15) is 4.39 Å². The molecular formula is C13H20FN. The second-order valence-electron chi connectivity index (χ2n) is 4.11. The molecule has 1 nitrogen and oxygen atoms in total. The van der Waals surface area contributed by atoms with Gasteiger partial charge in [-0.3, -0.25) is 0 Å². The van der Waals surface area contributed by atoms with Gasteiger partial charge >= 0.3 is 0 Å². The average molecular weight is 209 g/mol. The lowest BCUT2D eigenvalue weighted by Gasteiger charge is -2.21. The number of aryl methyl sites for hydroxylation is 1. The van der Waals surface area contributed by atoms with E-state index in [1.807, 2.05) is 6.07 Å². The van der Waals surface area contributed by atoms with Crippen LogP contribution in [0.25, 0.3) is 0 Å². The zero-order valence-corrected chi connectivity index (χ0v) is 9.76. The first-order chi connectivity index (χ1) is 7.10. The minimum atomic E-state index is -0.158. The summed E-state index contributed by atoms with van der Waals surface area (Å²) in [4.78, 5) is 0. The van der Waals surface area contributed by atoms with E-state index in [-0.39, 0.29) is 11.9 Å². The Morgan fingerprint density at radius 1 is 1.27 bits per heavy atom. The van der Waals surface area contributed by atoms with Crippen LogP contribution in [0.3, 0.4) is 0 Å². The zero-order valence-electron chi connectivity index (χ0n) is 9.76. The van der Waals surface area contributed by atoms with Gasteiger partial charge in [-0.05, 0) is 30.0 Å². The summed E-state index contributed by atoms with van der Waals surface area (Å²) < 4.78 is 13.4. The fourth-order valence-corrected chi connectivity index (χ4v) is 1.89. The molecule has 0 saturated carbocycles. The van der Waals surface area contributed by atoms with Crippen LogP contribution < -0.4 is 5.73 Å². The van der Waals surface area contributed by atoms with Crippen molar-refractivity contribution in [2.75, 3.05) is 0 Å². The van der Waals surface area contributed by atoms with Crippen molar-refractivity contribution >= 4 is 0 Å². The molecule has 0 aliphatic carbocycles. The van der Waals surface area contributed by atoms with Crippen LogP contribution in [0.2, 0.25) is 0 Å². The summed E-state index contributed by atoms with van der Waals surface area (Å²) in [6.45, 7) is 6.01. The summed E-state index contributed by atoms with van der Waals surface area (Å²) in [5, 5.41) is 0. The number of halogens is 1. The van der Waals surface area contributed by atoms with Crippen molar-refractivity contribution in [2.24, 2.45) is 11.7 Å². The van der Waals surface area contributed by atoms with Gasteiger partial charge in [0, 0.05) is 6.04 Å². The first kappa shape index (κ1) is 12.2. The van der Waals surface area contributed by atoms with Crippen LogP contribution in [0.15, 0.2) is 18.2 Å². The zero-order chi connectivity index (χ0) is 11.4. The van der Waals surface area contributed by atoms with Crippen LogP contribution in [0.5, 0.6) is 0 Å². The monoisotopic (exact) mass is 209 g/mol. The van der Waals surface area contributed by atoms with Crippen molar-refractivity contribution in [1.29, 1.82) is 0 Å². The molecule has 15 heavy (non-hydrogen) atoms. The molecule has 1 unspecified atom stereocenters. The molecule has 84 valence electrons. The molecule has 0 aromatic heterocycles. The molecule has 0 saturated heterocycles. The lowest BCUT2D eigenvalue weighted by atomic mass is 9.89. The van der Waals surface area contributed by atoms with Crippen molar-refractivity contribution in [3.05, 3.63) is 35.1 Å². The van der Waals surface area contributed by atoms with E-state index in [2.05, 4.69) is 13.8 Å². The van der Waals surface area contributed by atoms with Crippen LogP contribution in [0.4, 0.5) is 4.39 Å². The van der Waals surface area contributed by atoms with E-state index in [0.29, 0.717) is 11.5 Å². The summed E-state index contributed by atoms with van der Waals surface area (Å²) in [6, 6.07) is 5.25. The topological polar surface area (TPSA) is 26.0 Å². The van der Waals surface area contributed by atoms with Gasteiger partial charge in [0.25, 0.3) is 0 Å². The number of nitrogens with two attached hydrogens (primary N) is 1. The Morgan fingerprint density at radius 3 is 2.33 bits per heavy atom. The standard InChI is InChI=1S/C13H20FN/c1-4-10(5-2)13(15)11-7-6-9(3)12(14)8-11/h6-8,10,13H,4-5,15H2,1-3H3. The van der Waals surface area contributed by atoms with Crippen LogP contribution in [-0.4, -0.2) is 0 Å². The second kappa shape index (κ2) is 5.26. The molecular weight excluding hydrogens is 189 g/mol. The Balaban J connectivity index is 2.90. The minimum Gasteiger partial charge on any atom is -0.324 e. The van der Waals surface area contributed by atoms with Gasteiger partial charge in [0.1, 0.15) is 5.82 Å². The predicted molar refractivity (Wildman–Crippen MR) is 62.1 cm³/mol. The maximum atomic E-state index is 13.4. The van der Waals surface area contributed by atoms with Gasteiger partial charge in [0.15, 0.2) is 0 Å². The fourth-order valence-electron chi connectivity index (χ4n) is 1.89. The van der Waals surface area contributed by atoms with Crippen molar-refractivity contribution in [3.63, 3.8) is 0 Å². The van der Waals surface area contributed by atoms with Gasteiger partial charge in [0.05, 0.1) is 0 Å². The van der Waals surface area contributed by atoms with Gasteiger partial charge in [-0.2, -0.15) is 0 Å². The van der Waals surface area contributed by atoms with Crippen LogP contribution >= 0.6 is 0 Å². The first-order valence-corrected chi connectivity index (χ1v) is 5.61. The Labute approximate surface area is 91.5 Å². The summed E-state index contributed by atoms with van der Waals surface area (Å²) in [6.07, 6.45) is 2.07. The highest BCUT2D eigenvalue weighted by Gasteiger charge is 2.16. The quantitative estimate of drug-likeness (QED) is 0.806. The Morgan fingerprint density at radius 2 is 1.87 bits per heavy atom. The van der Waals surface area contributed by atoms with Crippen LogP contribution in [-0.2, 0) is 0 Å². The molecule has 1 aromatic rings. The number of benzene rings is 1. The molecule has 1 aromatic carbocycles. The third kappa shape index (κ3) is 2.78. The van der Waals surface area contributed by atoms with E-state index >= 15 is 0 Å². The number of hydrogen-bond acceptors (Lipinski definition) is 1. The summed E-state index contributed by atoms with van der Waals surface area (Å²) >= 11 is 0. The molecule has 1 atom stereocenters. The second-order valence-corrected chi connectivity index (χ2v) is 4.11. The molecule has 0 heterocycles. The van der Waals surface area contributed by atoms with Crippen LogP contribution in [0.1, 0.15) is 43.9 Å². The largest absolute Gasteiger partial charge is 0.324 e. The van der Waals surface area contributed by atoms with E-state index in [1.54, 1.807) is 19.1 Å². The first-order valence-electron chi connectivity index (χ1n) is 5.61. The maximum Gasteiger partial charge on any atom is 0.126 e. The lowest BCUT2D eigenvalue weighted by molar-refractivity contribution is 0.404. The third-order valence-corrected chi connectivity index (χ3v) is 3.14. The molecule has 0 radical (unpaired) electrons. The molecule has 2 heteroatoms. The fraction of sp³-hybridized carbons (Fsp3) is 0.538. The average Bonchev–Trinajstić information content (AvgIpc) is 2.23. The predicted octanol–water partition coefficient (Wildman–Crippen LogP) is 3.57. The summed E-state index contributed by atoms with van der Waals surface area (Å²) in [5.74, 6) is 0.279. The molecule has 0 aliphatic rings. The van der Waals surface area contributed by atoms with Crippen molar-refractivity contribution in [1.82, 2.24) is 0 Å². The van der Waals surface area contributed by atoms with Gasteiger partial charge in [0.2, 0.25) is 0 Å². The molecule has 0 spiro atoms. The van der Waals surface area contributed by atoms with Crippen molar-refractivity contribution in [2.45, 2.75) is 39.7 Å². The Bertz CT molecular complexity index is 318. The van der Waals surface area contributed by atoms with Crippen molar-refractivity contribution in [3.8, 4) is 0 Å². The van der Waals surface area contributed by atoms with E-state index < -0.39 is 0 Å². The highest BCUT2D eigenvalue weighted by molar-refractivity contribution is 5.26. The smallest absolute Gasteiger partial charge is 0.126 e. The Hall–Kier alpha value is -0.890. The summed E-state index contributed by atoms with van der Waals surface area (Å²) in [7, 11) is 0. The Kier molecular flexibility index (Phi) is 4.28. The van der Waals surface area contributed by atoms with E-state index in [4.69, 9.17) is 5.73 Å². The SMILES string of the molecule is CCC(CC)C(N)c1ccc(C)c(F)c1. The maximum absolute atomic E-state index is 13.4. The van der Waals surface area contributed by atoms with Gasteiger partial charge in [-0.1, -0.05) is 38.8 Å². The highest BCUT2D eigenvalue weighted by atomic mass is 19.1. The minimum absolute atomic E-state index is 0.0462. The molecule has 0 aliphatic heterocycles. The van der Waals surface area contributed by atoms with Crippen molar-refractivity contribution < 1.29 is 4.39 Å². The molecule has 0 bridgehead atoms. The van der Waals surface area contributed by atoms with E-state index in [1.165, 1.54) is 0 Å². The molecule has 0 fully saturated rings. The molecule has 2 N–H and O–H groups in total. The highest BCUT2D eigenvalue weighted by Crippen LogP contribution is 2.25. The lowest BCUT2D eigenvalue weighted by Crippen LogP contribution is -2.20. The van der Waals surface area contributed by atoms with Gasteiger partial charge in [-0.15, -0.1) is 0 Å². The molecule has 1 rings (SSSR count). The number of rotatable bonds is 4. The normalized spacial score (nSPS) is 13.2. The van der Waals surface area contributed by atoms with Crippen LogP contribution in [0, 0.1) is 18.7 Å².